The van der Waals surface area contributed by atoms with E-state index in [0.29, 0.717) is 16.8 Å². The van der Waals surface area contributed by atoms with Gasteiger partial charge >= 0.3 is 11.9 Å². The van der Waals surface area contributed by atoms with Crippen molar-refractivity contribution in [2.45, 2.75) is 6.92 Å². The average Bonchev–Trinajstić information content (AvgIpc) is 3.35. The van der Waals surface area contributed by atoms with E-state index in [9.17, 15) is 23.6 Å². The lowest BCUT2D eigenvalue weighted by Crippen LogP contribution is -2.30. The Bertz CT molecular complexity index is 1590. The van der Waals surface area contributed by atoms with Crippen molar-refractivity contribution < 1.29 is 33.0 Å². The number of benzene rings is 2. The molecule has 0 N–H and O–H groups in total. The van der Waals surface area contributed by atoms with E-state index in [1.807, 2.05) is 0 Å². The van der Waals surface area contributed by atoms with Crippen LogP contribution in [0.2, 0.25) is 0 Å². The predicted molar refractivity (Wildman–Crippen MR) is 124 cm³/mol. The Morgan fingerprint density at radius 1 is 0.917 bits per heavy atom. The Morgan fingerprint density at radius 3 is 2.19 bits per heavy atom. The summed E-state index contributed by atoms with van der Waals surface area (Å²) < 4.78 is 24.7. The normalized spacial score (nSPS) is 12.7. The van der Waals surface area contributed by atoms with Gasteiger partial charge in [0.2, 0.25) is 0 Å². The highest BCUT2D eigenvalue weighted by atomic mass is 19.1. The van der Waals surface area contributed by atoms with Crippen molar-refractivity contribution in [1.82, 2.24) is 14.8 Å². The number of anilines is 1. The summed E-state index contributed by atoms with van der Waals surface area (Å²) in [5.41, 5.74) is 1.02. The van der Waals surface area contributed by atoms with Crippen LogP contribution in [0.25, 0.3) is 16.7 Å². The summed E-state index contributed by atoms with van der Waals surface area (Å²) in [4.78, 5) is 56.5. The number of carbonyl (C=O) groups is 4. The Morgan fingerprint density at radius 2 is 1.58 bits per heavy atom. The summed E-state index contributed by atoms with van der Waals surface area (Å²) in [6.45, 7) is 1.65. The molecule has 10 nitrogen and oxygen atoms in total. The van der Waals surface area contributed by atoms with Gasteiger partial charge in [-0.15, -0.1) is 0 Å². The van der Waals surface area contributed by atoms with Gasteiger partial charge in [0.15, 0.2) is 5.65 Å². The van der Waals surface area contributed by atoms with Crippen LogP contribution in [-0.4, -0.2) is 52.7 Å². The molecular weight excluding hydrogens is 471 g/mol. The van der Waals surface area contributed by atoms with Crippen LogP contribution >= 0.6 is 0 Å². The van der Waals surface area contributed by atoms with Gasteiger partial charge in [0, 0.05) is 6.20 Å². The zero-order valence-electron chi connectivity index (χ0n) is 19.2. The minimum Gasteiger partial charge on any atom is -0.465 e. The molecule has 0 unspecified atom stereocenters. The number of esters is 2. The Hall–Kier alpha value is -4.93. The number of rotatable bonds is 4. The van der Waals surface area contributed by atoms with Gasteiger partial charge in [-0.25, -0.2) is 28.5 Å². The monoisotopic (exact) mass is 488 g/mol. The number of aromatic nitrogens is 3. The molecule has 1 aliphatic heterocycles. The van der Waals surface area contributed by atoms with Gasteiger partial charge in [0.05, 0.1) is 58.9 Å². The number of carbonyl (C=O) groups excluding carboxylic acids is 4. The number of methoxy groups -OCH3 is 2. The molecule has 36 heavy (non-hydrogen) atoms. The van der Waals surface area contributed by atoms with Crippen LogP contribution in [0, 0.1) is 12.7 Å². The molecule has 11 heteroatoms. The summed E-state index contributed by atoms with van der Waals surface area (Å²) >= 11 is 0. The summed E-state index contributed by atoms with van der Waals surface area (Å²) in [5, 5.41) is 4.74. The van der Waals surface area contributed by atoms with Gasteiger partial charge in [-0.05, 0) is 43.3 Å². The van der Waals surface area contributed by atoms with Crippen molar-refractivity contribution in [3.05, 3.63) is 82.4 Å². The van der Waals surface area contributed by atoms with Crippen LogP contribution in [0.1, 0.15) is 47.1 Å². The van der Waals surface area contributed by atoms with E-state index in [1.54, 1.807) is 13.0 Å². The number of fused-ring (bicyclic) bond motifs is 3. The third-order valence-electron chi connectivity index (χ3n) is 5.79. The van der Waals surface area contributed by atoms with Crippen molar-refractivity contribution >= 4 is 40.5 Å². The number of imide groups is 1. The van der Waals surface area contributed by atoms with Crippen molar-refractivity contribution in [3.8, 4) is 5.69 Å². The lowest BCUT2D eigenvalue weighted by molar-refractivity contribution is 0.0597. The zero-order chi connectivity index (χ0) is 25.7. The van der Waals surface area contributed by atoms with Crippen LogP contribution in [0.15, 0.2) is 48.7 Å². The number of halogens is 1. The molecule has 4 aromatic rings. The zero-order valence-corrected chi connectivity index (χ0v) is 19.2. The number of hydrogen-bond donors (Lipinski definition) is 0. The Kier molecular flexibility index (Phi) is 5.32. The first-order chi connectivity index (χ1) is 17.2. The fourth-order valence-electron chi connectivity index (χ4n) is 4.19. The van der Waals surface area contributed by atoms with Gasteiger partial charge in [-0.2, -0.15) is 5.10 Å². The molecule has 180 valence electrons. The van der Waals surface area contributed by atoms with Gasteiger partial charge in [0.25, 0.3) is 11.8 Å². The second-order valence-electron chi connectivity index (χ2n) is 7.92. The molecule has 2 aromatic heterocycles. The van der Waals surface area contributed by atoms with Crippen LogP contribution in [-0.2, 0) is 9.47 Å². The second-order valence-corrected chi connectivity index (χ2v) is 7.92. The molecular formula is C25H17FN4O6. The lowest BCUT2D eigenvalue weighted by atomic mass is 10.1. The summed E-state index contributed by atoms with van der Waals surface area (Å²) in [7, 11) is 2.33. The van der Waals surface area contributed by atoms with Crippen molar-refractivity contribution in [2.24, 2.45) is 0 Å². The van der Waals surface area contributed by atoms with E-state index in [2.05, 4.69) is 10.1 Å². The average molecular weight is 488 g/mol. The molecule has 0 aliphatic carbocycles. The molecule has 2 amide bonds. The minimum atomic E-state index is -0.769. The second kappa shape index (κ2) is 8.38. The number of aryl methyl sites for hydroxylation is 1. The first kappa shape index (κ1) is 22.8. The molecule has 2 aromatic carbocycles. The predicted octanol–water partition coefficient (Wildman–Crippen LogP) is 3.24. The molecule has 0 bridgehead atoms. The van der Waals surface area contributed by atoms with E-state index < -0.39 is 29.6 Å². The SMILES string of the molecule is COC(=O)c1cc(C(=O)OC)cc(N2C(=O)c3cnc4c(c(C)nn4-c4cccc(F)c4)c3C2=O)c1. The molecule has 3 heterocycles. The van der Waals surface area contributed by atoms with Crippen molar-refractivity contribution in [3.63, 3.8) is 0 Å². The topological polar surface area (TPSA) is 121 Å². The molecule has 0 radical (unpaired) electrons. The highest BCUT2D eigenvalue weighted by Gasteiger charge is 2.40. The molecule has 5 rings (SSSR count). The molecule has 0 saturated heterocycles. The van der Waals surface area contributed by atoms with E-state index in [0.717, 1.165) is 19.1 Å². The molecule has 0 saturated carbocycles. The van der Waals surface area contributed by atoms with E-state index in [4.69, 9.17) is 9.47 Å². The highest BCUT2D eigenvalue weighted by molar-refractivity contribution is 6.37. The third kappa shape index (κ3) is 3.40. The van der Waals surface area contributed by atoms with Gasteiger partial charge < -0.3 is 9.47 Å². The van der Waals surface area contributed by atoms with Gasteiger partial charge in [-0.3, -0.25) is 9.59 Å². The Labute approximate surface area is 202 Å². The molecule has 0 spiro atoms. The van der Waals surface area contributed by atoms with Crippen LogP contribution in [0.4, 0.5) is 10.1 Å². The highest BCUT2D eigenvalue weighted by Crippen LogP contribution is 2.35. The van der Waals surface area contributed by atoms with Crippen LogP contribution in [0.3, 0.4) is 0 Å². The van der Waals surface area contributed by atoms with Crippen LogP contribution in [0.5, 0.6) is 0 Å². The molecule has 0 fully saturated rings. The van der Waals surface area contributed by atoms with Gasteiger partial charge in [-0.1, -0.05) is 6.07 Å². The van der Waals surface area contributed by atoms with E-state index in [-0.39, 0.29) is 33.6 Å². The number of ether oxygens (including phenoxy) is 2. The minimum absolute atomic E-state index is 0.0205. The third-order valence-corrected chi connectivity index (χ3v) is 5.79. The number of hydrogen-bond acceptors (Lipinski definition) is 8. The van der Waals surface area contributed by atoms with E-state index >= 15 is 0 Å². The van der Waals surface area contributed by atoms with Crippen LogP contribution < -0.4 is 4.90 Å². The Balaban J connectivity index is 1.68. The lowest BCUT2D eigenvalue weighted by Gasteiger charge is -2.16. The maximum absolute atomic E-state index is 13.8. The smallest absolute Gasteiger partial charge is 0.337 e. The summed E-state index contributed by atoms with van der Waals surface area (Å²) in [5.74, 6) is -3.40. The largest absolute Gasteiger partial charge is 0.465 e. The quantitative estimate of drug-likeness (QED) is 0.317. The number of amides is 2. The van der Waals surface area contributed by atoms with E-state index in [1.165, 1.54) is 47.3 Å². The molecule has 1 aliphatic rings. The summed E-state index contributed by atoms with van der Waals surface area (Å²) in [6, 6.07) is 9.50. The maximum Gasteiger partial charge on any atom is 0.337 e. The summed E-state index contributed by atoms with van der Waals surface area (Å²) in [6.07, 6.45) is 1.25. The van der Waals surface area contributed by atoms with Crippen molar-refractivity contribution in [1.29, 1.82) is 0 Å². The first-order valence-electron chi connectivity index (χ1n) is 10.6. The van der Waals surface area contributed by atoms with Crippen molar-refractivity contribution in [2.75, 3.05) is 19.1 Å². The fourth-order valence-corrected chi connectivity index (χ4v) is 4.19. The fraction of sp³-hybridized carbons (Fsp3) is 0.120. The first-order valence-corrected chi connectivity index (χ1v) is 10.6. The molecule has 0 atom stereocenters. The van der Waals surface area contributed by atoms with Gasteiger partial charge in [0.1, 0.15) is 5.82 Å². The maximum atomic E-state index is 13.8. The number of nitrogens with zero attached hydrogens (tertiary/aromatic N) is 4. The number of pyridine rings is 1. The standard InChI is InChI=1S/C25H17FN4O6/c1-12-19-20-18(11-27-21(19)30(28-12)16-6-4-5-15(26)10-16)22(31)29(23(20)32)17-8-13(24(33)35-2)7-14(9-17)25(34)36-3/h4-11H,1-3H3.